The lowest BCUT2D eigenvalue weighted by atomic mass is 10.1. The molecule has 6 nitrogen and oxygen atoms in total. The Labute approximate surface area is 462 Å². The van der Waals surface area contributed by atoms with Crippen LogP contribution in [0.2, 0.25) is 0 Å². The van der Waals surface area contributed by atoms with E-state index in [1.165, 1.54) is 135 Å². The van der Waals surface area contributed by atoms with Crippen molar-refractivity contribution in [3.8, 4) is 0 Å². The number of ether oxygens (including phenoxy) is 3. The molecule has 1 atom stereocenters. The molecule has 0 aliphatic carbocycles. The fraction of sp³-hybridized carbons (Fsp3) is 0.667. The van der Waals surface area contributed by atoms with Gasteiger partial charge in [0.2, 0.25) is 0 Å². The van der Waals surface area contributed by atoms with Crippen LogP contribution >= 0.6 is 0 Å². The summed E-state index contributed by atoms with van der Waals surface area (Å²) in [6, 6.07) is 0. The van der Waals surface area contributed by atoms with Crippen LogP contribution < -0.4 is 0 Å². The van der Waals surface area contributed by atoms with Crippen molar-refractivity contribution in [2.75, 3.05) is 13.2 Å². The Kier molecular flexibility index (Phi) is 58.9. The van der Waals surface area contributed by atoms with E-state index < -0.39 is 12.1 Å². The van der Waals surface area contributed by atoms with Crippen LogP contribution in [0, 0.1) is 0 Å². The van der Waals surface area contributed by atoms with E-state index in [0.29, 0.717) is 12.8 Å². The van der Waals surface area contributed by atoms with E-state index in [4.69, 9.17) is 14.2 Å². The van der Waals surface area contributed by atoms with Gasteiger partial charge in [0.05, 0.1) is 6.42 Å². The number of unbranched alkanes of at least 4 members (excludes halogenated alkanes) is 25. The monoisotopic (exact) mass is 1040 g/mol. The number of rotatable bonds is 55. The van der Waals surface area contributed by atoms with Crippen LogP contribution in [0.4, 0.5) is 0 Å². The van der Waals surface area contributed by atoms with Crippen LogP contribution in [0.3, 0.4) is 0 Å². The van der Waals surface area contributed by atoms with Crippen LogP contribution in [0.15, 0.2) is 122 Å². The minimum atomic E-state index is -0.831. The molecule has 426 valence electrons. The second kappa shape index (κ2) is 62.4. The second-order valence-corrected chi connectivity index (χ2v) is 20.2. The van der Waals surface area contributed by atoms with Crippen LogP contribution in [-0.4, -0.2) is 37.2 Å². The third kappa shape index (κ3) is 60.6. The Morgan fingerprint density at radius 1 is 0.293 bits per heavy atom. The van der Waals surface area contributed by atoms with Gasteiger partial charge >= 0.3 is 17.9 Å². The predicted octanol–water partition coefficient (Wildman–Crippen LogP) is 21.2. The number of hydrogen-bond acceptors (Lipinski definition) is 6. The molecule has 0 fully saturated rings. The zero-order chi connectivity index (χ0) is 54.3. The first-order valence-electron chi connectivity index (χ1n) is 31.0. The number of carbonyl (C=O) groups is 3. The van der Waals surface area contributed by atoms with Gasteiger partial charge in [-0.15, -0.1) is 0 Å². The van der Waals surface area contributed by atoms with Crippen molar-refractivity contribution in [3.05, 3.63) is 122 Å². The van der Waals surface area contributed by atoms with Crippen molar-refractivity contribution in [2.45, 2.75) is 284 Å². The quantitative estimate of drug-likeness (QED) is 0.0261. The van der Waals surface area contributed by atoms with Crippen molar-refractivity contribution in [1.82, 2.24) is 0 Å². The largest absolute Gasteiger partial charge is 0.462 e. The molecule has 0 saturated heterocycles. The molecule has 0 radical (unpaired) electrons. The molecule has 0 aliphatic heterocycles. The minimum Gasteiger partial charge on any atom is -0.462 e. The van der Waals surface area contributed by atoms with Crippen molar-refractivity contribution in [3.63, 3.8) is 0 Å². The summed E-state index contributed by atoms with van der Waals surface area (Å²) in [4.78, 5) is 38.2. The number of carbonyl (C=O) groups excluding carboxylic acids is 3. The van der Waals surface area contributed by atoms with Crippen molar-refractivity contribution in [1.29, 1.82) is 0 Å². The standard InChI is InChI=1S/C69H114O6/c1-4-7-10-13-16-19-22-25-28-30-32-34-36-38-41-44-47-50-53-56-59-62-68(71)74-65-66(64-73-67(70)61-58-55-52-49-46-43-40-27-24-21-18-15-12-9-6-3)75-69(72)63-60-57-54-51-48-45-42-39-37-35-33-31-29-26-23-20-17-14-11-8-5-2/h9,12,18,21-23,25-27,30-33,36,38,40,46,49,55,58,66H,4-8,10-11,13-17,19-20,24,28-29,34-35,37,39,41-45,47-48,50-54,56-57,59-65H2,1-3H3/b12-9-,21-18-,25-22-,26-23-,32-30-,33-31-,38-36-,40-27-,49-46-,58-55-. The average Bonchev–Trinajstić information content (AvgIpc) is 3.41. The summed E-state index contributed by atoms with van der Waals surface area (Å²) in [5.41, 5.74) is 0. The SMILES string of the molecule is CC/C=C\C/C=C\C/C=C\C/C=C\C/C=C\CC(=O)OCC(COC(=O)CCCCCCCC/C=C\C/C=C\C/C=C\CCCCCCC)OC(=O)CCCCCCCCCCC/C=C\C/C=C\CCCCCCC. The van der Waals surface area contributed by atoms with E-state index >= 15 is 0 Å². The lowest BCUT2D eigenvalue weighted by Crippen LogP contribution is -2.30. The molecule has 0 bridgehead atoms. The summed E-state index contributed by atoms with van der Waals surface area (Å²) >= 11 is 0. The lowest BCUT2D eigenvalue weighted by Gasteiger charge is -2.18. The summed E-state index contributed by atoms with van der Waals surface area (Å²) in [5.74, 6) is -1.07. The molecular formula is C69H114O6. The van der Waals surface area contributed by atoms with E-state index in [2.05, 4.69) is 130 Å². The van der Waals surface area contributed by atoms with Crippen LogP contribution in [-0.2, 0) is 28.6 Å². The number of esters is 3. The fourth-order valence-electron chi connectivity index (χ4n) is 8.32. The maximum Gasteiger partial charge on any atom is 0.309 e. The molecule has 6 heteroatoms. The first-order chi connectivity index (χ1) is 37.0. The van der Waals surface area contributed by atoms with Gasteiger partial charge in [-0.05, 0) is 116 Å². The van der Waals surface area contributed by atoms with Crippen molar-refractivity contribution < 1.29 is 28.6 Å². The Bertz CT molecular complexity index is 1570. The Hall–Kier alpha value is -4.19. The molecule has 0 N–H and O–H groups in total. The van der Waals surface area contributed by atoms with Gasteiger partial charge in [0.1, 0.15) is 13.2 Å². The zero-order valence-electron chi connectivity index (χ0n) is 48.8. The van der Waals surface area contributed by atoms with Gasteiger partial charge in [-0.3, -0.25) is 14.4 Å². The van der Waals surface area contributed by atoms with E-state index in [9.17, 15) is 14.4 Å². The molecule has 1 unspecified atom stereocenters. The number of allylic oxidation sites excluding steroid dienone is 19. The van der Waals surface area contributed by atoms with E-state index in [1.807, 2.05) is 6.08 Å². The molecule has 0 heterocycles. The Balaban J connectivity index is 4.50. The van der Waals surface area contributed by atoms with Crippen LogP contribution in [0.1, 0.15) is 278 Å². The smallest absolute Gasteiger partial charge is 0.309 e. The van der Waals surface area contributed by atoms with Gasteiger partial charge in [-0.1, -0.05) is 264 Å². The molecule has 0 saturated carbocycles. The maximum atomic E-state index is 12.9. The van der Waals surface area contributed by atoms with Crippen LogP contribution in [0.5, 0.6) is 0 Å². The summed E-state index contributed by atoms with van der Waals surface area (Å²) in [6.07, 6.45) is 86.5. The van der Waals surface area contributed by atoms with Crippen molar-refractivity contribution >= 4 is 17.9 Å². The molecule has 0 aromatic rings. The van der Waals surface area contributed by atoms with Gasteiger partial charge in [0.25, 0.3) is 0 Å². The molecular weight excluding hydrogens is 925 g/mol. The lowest BCUT2D eigenvalue weighted by molar-refractivity contribution is -0.166. The zero-order valence-corrected chi connectivity index (χ0v) is 48.8. The average molecular weight is 1040 g/mol. The highest BCUT2D eigenvalue weighted by Crippen LogP contribution is 2.15. The van der Waals surface area contributed by atoms with Gasteiger partial charge in [0, 0.05) is 12.8 Å². The highest BCUT2D eigenvalue weighted by atomic mass is 16.6. The molecule has 75 heavy (non-hydrogen) atoms. The summed E-state index contributed by atoms with van der Waals surface area (Å²) in [5, 5.41) is 0. The van der Waals surface area contributed by atoms with Crippen molar-refractivity contribution in [2.24, 2.45) is 0 Å². The molecule has 0 rings (SSSR count). The first kappa shape index (κ1) is 70.8. The van der Waals surface area contributed by atoms with Gasteiger partial charge in [-0.2, -0.15) is 0 Å². The highest BCUT2D eigenvalue weighted by Gasteiger charge is 2.19. The maximum absolute atomic E-state index is 12.9. The Morgan fingerprint density at radius 2 is 0.573 bits per heavy atom. The molecule has 0 aliphatic rings. The predicted molar refractivity (Wildman–Crippen MR) is 325 cm³/mol. The van der Waals surface area contributed by atoms with Gasteiger partial charge < -0.3 is 14.2 Å². The third-order valence-electron chi connectivity index (χ3n) is 13.0. The fourth-order valence-corrected chi connectivity index (χ4v) is 8.32. The topological polar surface area (TPSA) is 78.9 Å². The molecule has 0 amide bonds. The van der Waals surface area contributed by atoms with E-state index in [0.717, 1.165) is 103 Å². The number of hydrogen-bond donors (Lipinski definition) is 0. The highest BCUT2D eigenvalue weighted by molar-refractivity contribution is 5.72. The van der Waals surface area contributed by atoms with E-state index in [-0.39, 0.29) is 31.6 Å². The summed E-state index contributed by atoms with van der Waals surface area (Å²) in [6.45, 7) is 6.41. The third-order valence-corrected chi connectivity index (χ3v) is 13.0. The van der Waals surface area contributed by atoms with Gasteiger partial charge in [0.15, 0.2) is 6.10 Å². The second-order valence-electron chi connectivity index (χ2n) is 20.2. The molecule has 0 aromatic heterocycles. The summed E-state index contributed by atoms with van der Waals surface area (Å²) in [7, 11) is 0. The Morgan fingerprint density at radius 3 is 0.933 bits per heavy atom. The minimum absolute atomic E-state index is 0.119. The van der Waals surface area contributed by atoms with E-state index in [1.54, 1.807) is 6.08 Å². The van der Waals surface area contributed by atoms with Crippen LogP contribution in [0.25, 0.3) is 0 Å². The molecule has 0 spiro atoms. The van der Waals surface area contributed by atoms with Gasteiger partial charge in [-0.25, -0.2) is 0 Å². The normalized spacial score (nSPS) is 12.9. The first-order valence-corrected chi connectivity index (χ1v) is 31.0. The molecule has 0 aromatic carbocycles. The summed E-state index contributed by atoms with van der Waals surface area (Å²) < 4.78 is 16.8.